The first-order valence-corrected chi connectivity index (χ1v) is 8.32. The molecule has 1 unspecified atom stereocenters. The molecular formula is C15H17ClN4O4S. The molecule has 0 aliphatic carbocycles. The summed E-state index contributed by atoms with van der Waals surface area (Å²) < 4.78 is 5.45. The number of hydrogen-bond acceptors (Lipinski definition) is 5. The molecule has 2 rings (SSSR count). The van der Waals surface area contributed by atoms with Crippen LogP contribution in [0, 0.1) is 10.1 Å². The molecule has 1 fully saturated rings. The van der Waals surface area contributed by atoms with E-state index in [2.05, 4.69) is 16.2 Å². The summed E-state index contributed by atoms with van der Waals surface area (Å²) >= 11 is 10.8. The van der Waals surface area contributed by atoms with Crippen molar-refractivity contribution >= 4 is 46.6 Å². The molecule has 10 heteroatoms. The van der Waals surface area contributed by atoms with Gasteiger partial charge in [0.15, 0.2) is 5.11 Å². The molecule has 1 atom stereocenters. The Morgan fingerprint density at radius 2 is 2.28 bits per heavy atom. The zero-order valence-corrected chi connectivity index (χ0v) is 14.7. The molecule has 1 saturated heterocycles. The summed E-state index contributed by atoms with van der Waals surface area (Å²) in [5.41, 5.74) is 5.22. The minimum atomic E-state index is -0.584. The first-order valence-electron chi connectivity index (χ1n) is 7.53. The summed E-state index contributed by atoms with van der Waals surface area (Å²) in [6, 6.07) is 4.26. The molecule has 1 amide bonds. The van der Waals surface area contributed by atoms with Gasteiger partial charge in [0.1, 0.15) is 5.02 Å². The Labute approximate surface area is 154 Å². The van der Waals surface area contributed by atoms with Gasteiger partial charge in [-0.15, -0.1) is 0 Å². The first kappa shape index (κ1) is 19.1. The summed E-state index contributed by atoms with van der Waals surface area (Å²) in [7, 11) is 0. The number of hydrazine groups is 1. The molecule has 1 aromatic rings. The Bertz CT molecular complexity index is 692. The number of thiocarbonyl (C=S) groups is 1. The molecule has 1 aromatic carbocycles. The molecule has 8 nitrogen and oxygen atoms in total. The Balaban J connectivity index is 1.77. The average molecular weight is 385 g/mol. The third-order valence-electron chi connectivity index (χ3n) is 3.41. The van der Waals surface area contributed by atoms with Crippen LogP contribution in [0.2, 0.25) is 5.02 Å². The third kappa shape index (κ3) is 6.29. The Kier molecular flexibility index (Phi) is 7.11. The van der Waals surface area contributed by atoms with Crippen LogP contribution in [0.15, 0.2) is 24.3 Å². The van der Waals surface area contributed by atoms with E-state index in [1.54, 1.807) is 6.07 Å². The van der Waals surface area contributed by atoms with Crippen LogP contribution in [0.3, 0.4) is 0 Å². The van der Waals surface area contributed by atoms with Crippen molar-refractivity contribution in [2.75, 3.05) is 13.2 Å². The van der Waals surface area contributed by atoms with E-state index in [1.807, 2.05) is 0 Å². The predicted molar refractivity (Wildman–Crippen MR) is 98.0 cm³/mol. The van der Waals surface area contributed by atoms with Gasteiger partial charge in [-0.25, -0.2) is 0 Å². The highest BCUT2D eigenvalue weighted by molar-refractivity contribution is 7.80. The van der Waals surface area contributed by atoms with Crippen LogP contribution in [0.5, 0.6) is 0 Å². The minimum Gasteiger partial charge on any atom is -0.376 e. The molecule has 134 valence electrons. The number of ether oxygens (including phenoxy) is 1. The minimum absolute atomic E-state index is 0.0379. The summed E-state index contributed by atoms with van der Waals surface area (Å²) in [6.07, 6.45) is 4.82. The van der Waals surface area contributed by atoms with E-state index in [0.29, 0.717) is 12.1 Å². The van der Waals surface area contributed by atoms with Gasteiger partial charge in [0.05, 0.1) is 11.0 Å². The van der Waals surface area contributed by atoms with E-state index in [0.717, 1.165) is 19.4 Å². The molecule has 0 saturated carbocycles. The first-order chi connectivity index (χ1) is 12.0. The van der Waals surface area contributed by atoms with Gasteiger partial charge >= 0.3 is 0 Å². The standard InChI is InChI=1S/C15H17ClN4O4S/c16-12-5-3-10(8-13(12)20(22)23)4-6-14(21)18-19-15(25)17-9-11-2-1-7-24-11/h3-6,8,11H,1-2,7,9H2,(H,18,21)(H2,17,19,25)/b6-4+. The second kappa shape index (κ2) is 9.30. The zero-order chi connectivity index (χ0) is 18.2. The Hall–Kier alpha value is -2.23. The largest absolute Gasteiger partial charge is 0.376 e. The van der Waals surface area contributed by atoms with Gasteiger partial charge in [0.2, 0.25) is 0 Å². The van der Waals surface area contributed by atoms with Crippen LogP contribution >= 0.6 is 23.8 Å². The molecule has 25 heavy (non-hydrogen) atoms. The van der Waals surface area contributed by atoms with Crippen molar-refractivity contribution in [3.05, 3.63) is 45.0 Å². The van der Waals surface area contributed by atoms with Crippen LogP contribution < -0.4 is 16.2 Å². The van der Waals surface area contributed by atoms with Crippen molar-refractivity contribution in [1.82, 2.24) is 16.2 Å². The van der Waals surface area contributed by atoms with Crippen molar-refractivity contribution in [1.29, 1.82) is 0 Å². The smallest absolute Gasteiger partial charge is 0.288 e. The van der Waals surface area contributed by atoms with Gasteiger partial charge in [-0.05, 0) is 42.8 Å². The fraction of sp³-hybridized carbons (Fsp3) is 0.333. The van der Waals surface area contributed by atoms with Gasteiger partial charge in [-0.2, -0.15) is 0 Å². The molecular weight excluding hydrogens is 368 g/mol. The van der Waals surface area contributed by atoms with E-state index in [1.165, 1.54) is 24.3 Å². The summed E-state index contributed by atoms with van der Waals surface area (Å²) in [5.74, 6) is -0.459. The monoisotopic (exact) mass is 384 g/mol. The maximum absolute atomic E-state index is 11.7. The van der Waals surface area contributed by atoms with E-state index in [9.17, 15) is 14.9 Å². The van der Waals surface area contributed by atoms with Crippen molar-refractivity contribution in [3.8, 4) is 0 Å². The van der Waals surface area contributed by atoms with E-state index in [-0.39, 0.29) is 21.9 Å². The van der Waals surface area contributed by atoms with Crippen LogP contribution in [0.4, 0.5) is 5.69 Å². The normalized spacial score (nSPS) is 16.6. The number of nitro groups is 1. The highest BCUT2D eigenvalue weighted by atomic mass is 35.5. The lowest BCUT2D eigenvalue weighted by molar-refractivity contribution is -0.384. The van der Waals surface area contributed by atoms with Crippen molar-refractivity contribution in [3.63, 3.8) is 0 Å². The van der Waals surface area contributed by atoms with Gasteiger partial charge in [-0.3, -0.25) is 25.8 Å². The summed E-state index contributed by atoms with van der Waals surface area (Å²) in [6.45, 7) is 1.34. The number of halogens is 1. The number of amides is 1. The topological polar surface area (TPSA) is 106 Å². The van der Waals surface area contributed by atoms with Gasteiger partial charge in [0, 0.05) is 25.3 Å². The molecule has 0 aromatic heterocycles. The lowest BCUT2D eigenvalue weighted by Gasteiger charge is -2.13. The molecule has 0 spiro atoms. The second-order valence-electron chi connectivity index (χ2n) is 5.26. The third-order valence-corrected chi connectivity index (χ3v) is 3.97. The number of benzene rings is 1. The number of rotatable bonds is 5. The van der Waals surface area contributed by atoms with E-state index in [4.69, 9.17) is 28.6 Å². The fourth-order valence-corrected chi connectivity index (χ4v) is 2.48. The molecule has 3 N–H and O–H groups in total. The van der Waals surface area contributed by atoms with Gasteiger partial charge < -0.3 is 10.1 Å². The lowest BCUT2D eigenvalue weighted by Crippen LogP contribution is -2.47. The molecule has 1 heterocycles. The highest BCUT2D eigenvalue weighted by Gasteiger charge is 2.15. The fourth-order valence-electron chi connectivity index (χ4n) is 2.16. The van der Waals surface area contributed by atoms with Crippen LogP contribution in [-0.4, -0.2) is 35.2 Å². The Morgan fingerprint density at radius 1 is 1.48 bits per heavy atom. The Morgan fingerprint density at radius 3 is 2.96 bits per heavy atom. The van der Waals surface area contributed by atoms with Gasteiger partial charge in [-0.1, -0.05) is 17.7 Å². The molecule has 0 bridgehead atoms. The van der Waals surface area contributed by atoms with E-state index >= 15 is 0 Å². The van der Waals surface area contributed by atoms with Crippen molar-refractivity contribution in [2.24, 2.45) is 0 Å². The maximum atomic E-state index is 11.7. The van der Waals surface area contributed by atoms with Crippen LogP contribution in [-0.2, 0) is 9.53 Å². The van der Waals surface area contributed by atoms with Crippen molar-refractivity contribution in [2.45, 2.75) is 18.9 Å². The molecule has 1 aliphatic heterocycles. The number of nitrogens with zero attached hydrogens (tertiary/aromatic N) is 1. The maximum Gasteiger partial charge on any atom is 0.288 e. The number of nitrogens with one attached hydrogen (secondary N) is 3. The average Bonchev–Trinajstić information content (AvgIpc) is 3.10. The van der Waals surface area contributed by atoms with Crippen LogP contribution in [0.25, 0.3) is 6.08 Å². The summed E-state index contributed by atoms with van der Waals surface area (Å²) in [5, 5.41) is 14.1. The molecule has 1 aliphatic rings. The van der Waals surface area contributed by atoms with Crippen molar-refractivity contribution < 1.29 is 14.5 Å². The number of carbonyl (C=O) groups is 1. The zero-order valence-electron chi connectivity index (χ0n) is 13.2. The number of hydrogen-bond donors (Lipinski definition) is 3. The second-order valence-corrected chi connectivity index (χ2v) is 6.08. The summed E-state index contributed by atoms with van der Waals surface area (Å²) in [4.78, 5) is 22.0. The highest BCUT2D eigenvalue weighted by Crippen LogP contribution is 2.25. The number of carbonyl (C=O) groups excluding carboxylic acids is 1. The van der Waals surface area contributed by atoms with E-state index < -0.39 is 10.8 Å². The van der Waals surface area contributed by atoms with Gasteiger partial charge in [0.25, 0.3) is 11.6 Å². The quantitative estimate of drug-likeness (QED) is 0.308. The SMILES string of the molecule is O=C(/C=C/c1ccc(Cl)c([N+](=O)[O-])c1)NNC(=S)NCC1CCCO1. The number of nitro benzene ring substituents is 1. The lowest BCUT2D eigenvalue weighted by atomic mass is 10.2. The van der Waals surface area contributed by atoms with Crippen LogP contribution in [0.1, 0.15) is 18.4 Å². The predicted octanol–water partition coefficient (Wildman–Crippen LogP) is 1.94. The molecule has 0 radical (unpaired) electrons.